The van der Waals surface area contributed by atoms with E-state index in [0.29, 0.717) is 0 Å². The van der Waals surface area contributed by atoms with Crippen molar-refractivity contribution in [1.29, 1.82) is 0 Å². The molecule has 2 aliphatic rings. The molecule has 1 aliphatic carbocycles. The van der Waals surface area contributed by atoms with E-state index in [1.165, 1.54) is 31.5 Å². The smallest absolute Gasteiger partial charge is 0.147 e. The van der Waals surface area contributed by atoms with Gasteiger partial charge in [0.05, 0.1) is 6.54 Å². The zero-order valence-electron chi connectivity index (χ0n) is 11.2. The van der Waals surface area contributed by atoms with Crippen molar-refractivity contribution >= 4 is 0 Å². The van der Waals surface area contributed by atoms with E-state index < -0.39 is 0 Å². The molecule has 0 bridgehead atoms. The first-order valence-electron chi connectivity index (χ1n) is 7.16. The van der Waals surface area contributed by atoms with Crippen LogP contribution >= 0.6 is 0 Å². The van der Waals surface area contributed by atoms with Crippen LogP contribution in [0.1, 0.15) is 37.3 Å². The normalized spacial score (nSPS) is 19.2. The average Bonchev–Trinajstić information content (AvgIpc) is 3.17. The van der Waals surface area contributed by atoms with Gasteiger partial charge >= 0.3 is 0 Å². The Bertz CT molecular complexity index is 396. The number of hydrogen-bond donors (Lipinski definition) is 1. The molecule has 0 saturated heterocycles. The van der Waals surface area contributed by atoms with Crippen LogP contribution in [0.4, 0.5) is 0 Å². The third-order valence-electron chi connectivity index (χ3n) is 4.03. The maximum atomic E-state index is 4.30. The molecule has 1 saturated carbocycles. The van der Waals surface area contributed by atoms with Crippen molar-refractivity contribution in [2.75, 3.05) is 20.1 Å². The Morgan fingerprint density at radius 1 is 1.33 bits per heavy atom. The van der Waals surface area contributed by atoms with E-state index in [1.807, 2.05) is 0 Å². The topological polar surface area (TPSA) is 46.0 Å². The predicted octanol–water partition coefficient (Wildman–Crippen LogP) is 0.798. The molecular formula is C13H23N5. The molecule has 100 valence electrons. The van der Waals surface area contributed by atoms with Gasteiger partial charge in [0, 0.05) is 32.1 Å². The average molecular weight is 249 g/mol. The van der Waals surface area contributed by atoms with Crippen LogP contribution in [-0.4, -0.2) is 45.8 Å². The number of nitrogens with one attached hydrogen (secondary N) is 1. The molecule has 1 aliphatic heterocycles. The number of nitrogens with zero attached hydrogens (tertiary/aromatic N) is 4. The lowest BCUT2D eigenvalue weighted by Crippen LogP contribution is -2.31. The van der Waals surface area contributed by atoms with Crippen molar-refractivity contribution in [3.05, 3.63) is 11.6 Å². The van der Waals surface area contributed by atoms with Crippen LogP contribution in [0.2, 0.25) is 0 Å². The fraction of sp³-hybridized carbons (Fsp3) is 0.846. The molecule has 0 aromatic carbocycles. The molecule has 1 fully saturated rings. The van der Waals surface area contributed by atoms with Gasteiger partial charge < -0.3 is 14.8 Å². The van der Waals surface area contributed by atoms with Gasteiger partial charge in [-0.1, -0.05) is 0 Å². The van der Waals surface area contributed by atoms with Gasteiger partial charge in [-0.25, -0.2) is 0 Å². The summed E-state index contributed by atoms with van der Waals surface area (Å²) in [5, 5.41) is 12.1. The van der Waals surface area contributed by atoms with Gasteiger partial charge in [0.2, 0.25) is 0 Å². The summed E-state index contributed by atoms with van der Waals surface area (Å²) in [7, 11) is 2.22. The van der Waals surface area contributed by atoms with Crippen molar-refractivity contribution in [3.8, 4) is 0 Å². The lowest BCUT2D eigenvalue weighted by molar-refractivity contribution is 0.320. The van der Waals surface area contributed by atoms with E-state index in [4.69, 9.17) is 0 Å². The zero-order chi connectivity index (χ0) is 12.4. The fourth-order valence-electron chi connectivity index (χ4n) is 2.65. The van der Waals surface area contributed by atoms with E-state index >= 15 is 0 Å². The third kappa shape index (κ3) is 2.72. The van der Waals surface area contributed by atoms with Crippen LogP contribution in [-0.2, 0) is 19.5 Å². The summed E-state index contributed by atoms with van der Waals surface area (Å²) in [4.78, 5) is 2.45. The molecule has 1 N–H and O–H groups in total. The molecule has 1 aromatic rings. The summed E-state index contributed by atoms with van der Waals surface area (Å²) >= 11 is 0. The number of fused-ring (bicyclic) bond motifs is 1. The van der Waals surface area contributed by atoms with E-state index in [9.17, 15) is 0 Å². The Morgan fingerprint density at radius 2 is 2.22 bits per heavy atom. The predicted molar refractivity (Wildman–Crippen MR) is 70.3 cm³/mol. The van der Waals surface area contributed by atoms with Crippen molar-refractivity contribution in [3.63, 3.8) is 0 Å². The largest absolute Gasteiger partial charge is 0.314 e. The summed E-state index contributed by atoms with van der Waals surface area (Å²) in [5.74, 6) is 2.28. The highest BCUT2D eigenvalue weighted by atomic mass is 15.3. The van der Waals surface area contributed by atoms with Crippen LogP contribution in [0.5, 0.6) is 0 Å². The summed E-state index contributed by atoms with van der Waals surface area (Å²) in [6.07, 6.45) is 6.39. The number of aryl methyl sites for hydroxylation is 1. The summed E-state index contributed by atoms with van der Waals surface area (Å²) in [6.45, 7) is 4.12. The summed E-state index contributed by atoms with van der Waals surface area (Å²) < 4.78 is 2.29. The highest BCUT2D eigenvalue weighted by Gasteiger charge is 2.25. The molecule has 3 rings (SSSR count). The van der Waals surface area contributed by atoms with E-state index in [1.54, 1.807) is 0 Å². The molecule has 0 radical (unpaired) electrons. The van der Waals surface area contributed by atoms with Gasteiger partial charge in [0.15, 0.2) is 0 Å². The van der Waals surface area contributed by atoms with Crippen molar-refractivity contribution in [2.24, 2.45) is 0 Å². The van der Waals surface area contributed by atoms with Crippen LogP contribution in [0.25, 0.3) is 0 Å². The van der Waals surface area contributed by atoms with Crippen molar-refractivity contribution in [1.82, 2.24) is 25.0 Å². The highest BCUT2D eigenvalue weighted by molar-refractivity contribution is 4.98. The molecule has 5 heteroatoms. The number of likely N-dealkylation sites (N-methyl/N-ethyl adjacent to an activating group) is 1. The lowest BCUT2D eigenvalue weighted by Gasteiger charge is -2.17. The second-order valence-corrected chi connectivity index (χ2v) is 5.53. The van der Waals surface area contributed by atoms with Gasteiger partial charge in [-0.3, -0.25) is 0 Å². The van der Waals surface area contributed by atoms with E-state index in [2.05, 4.69) is 32.0 Å². The van der Waals surface area contributed by atoms with Crippen molar-refractivity contribution < 1.29 is 0 Å². The SMILES string of the molecule is CN(CCNCc1nnc2n1CCCC2)C1CC1. The van der Waals surface area contributed by atoms with E-state index in [0.717, 1.165) is 44.5 Å². The second-order valence-electron chi connectivity index (χ2n) is 5.53. The van der Waals surface area contributed by atoms with Crippen LogP contribution < -0.4 is 5.32 Å². The Labute approximate surface area is 109 Å². The van der Waals surface area contributed by atoms with Gasteiger partial charge in [-0.15, -0.1) is 10.2 Å². The summed E-state index contributed by atoms with van der Waals surface area (Å²) in [6, 6.07) is 0.854. The number of aromatic nitrogens is 3. The monoisotopic (exact) mass is 249 g/mol. The first kappa shape index (κ1) is 12.1. The first-order chi connectivity index (χ1) is 8.84. The second kappa shape index (κ2) is 5.36. The molecule has 0 amide bonds. The minimum atomic E-state index is 0.853. The number of rotatable bonds is 6. The van der Waals surface area contributed by atoms with Crippen LogP contribution in [0.3, 0.4) is 0 Å². The van der Waals surface area contributed by atoms with Gasteiger partial charge in [-0.2, -0.15) is 0 Å². The van der Waals surface area contributed by atoms with Gasteiger partial charge in [0.25, 0.3) is 0 Å². The standard InChI is InChI=1S/C13H23N5/c1-17(11-5-6-11)9-7-14-10-13-16-15-12-4-2-3-8-18(12)13/h11,14H,2-10H2,1H3. The van der Waals surface area contributed by atoms with Crippen LogP contribution in [0, 0.1) is 0 Å². The third-order valence-corrected chi connectivity index (χ3v) is 4.03. The molecule has 5 nitrogen and oxygen atoms in total. The minimum absolute atomic E-state index is 0.853. The Balaban J connectivity index is 1.43. The fourth-order valence-corrected chi connectivity index (χ4v) is 2.65. The number of hydrogen-bond acceptors (Lipinski definition) is 4. The van der Waals surface area contributed by atoms with E-state index in [-0.39, 0.29) is 0 Å². The Hall–Kier alpha value is -0.940. The zero-order valence-corrected chi connectivity index (χ0v) is 11.2. The van der Waals surface area contributed by atoms with Crippen LogP contribution in [0.15, 0.2) is 0 Å². The molecule has 18 heavy (non-hydrogen) atoms. The maximum Gasteiger partial charge on any atom is 0.147 e. The molecular weight excluding hydrogens is 226 g/mol. The summed E-state index contributed by atoms with van der Waals surface area (Å²) in [5.41, 5.74) is 0. The van der Waals surface area contributed by atoms with Gasteiger partial charge in [-0.05, 0) is 32.7 Å². The first-order valence-corrected chi connectivity index (χ1v) is 7.16. The molecule has 2 heterocycles. The maximum absolute atomic E-state index is 4.30. The van der Waals surface area contributed by atoms with Gasteiger partial charge in [0.1, 0.15) is 11.6 Å². The Morgan fingerprint density at radius 3 is 3.06 bits per heavy atom. The molecule has 1 aromatic heterocycles. The molecule has 0 unspecified atom stereocenters. The lowest BCUT2D eigenvalue weighted by atomic mass is 10.2. The Kier molecular flexibility index (Phi) is 3.61. The molecule has 0 atom stereocenters. The van der Waals surface area contributed by atoms with Crippen molar-refractivity contribution in [2.45, 2.75) is 51.2 Å². The minimum Gasteiger partial charge on any atom is -0.314 e. The quantitative estimate of drug-likeness (QED) is 0.758. The molecule has 0 spiro atoms. The highest BCUT2D eigenvalue weighted by Crippen LogP contribution is 2.24.